The summed E-state index contributed by atoms with van der Waals surface area (Å²) in [4.78, 5) is 13.3. The molecule has 8 heteroatoms. The van der Waals surface area contributed by atoms with Gasteiger partial charge in [0.1, 0.15) is 15.6 Å². The largest absolute Gasteiger partial charge is 0.452 e. The summed E-state index contributed by atoms with van der Waals surface area (Å²) in [6.07, 6.45) is 1.23. The molecule has 1 unspecified atom stereocenters. The third-order valence-electron chi connectivity index (χ3n) is 2.51. The van der Waals surface area contributed by atoms with E-state index in [1.807, 2.05) is 0 Å². The second-order valence-corrected chi connectivity index (χ2v) is 7.47. The summed E-state index contributed by atoms with van der Waals surface area (Å²) in [6, 6.07) is 2.66. The van der Waals surface area contributed by atoms with Gasteiger partial charge in [0.05, 0.1) is 18.3 Å². The van der Waals surface area contributed by atoms with Crippen LogP contribution in [0.4, 0.5) is 0 Å². The standard InChI is InChI=1S/C11H17BrN2O4S/c1-14(7-8-3-4-10(12)18-8)11(15)9(13)5-6-19(2,16)17/h3-4,9H,5-7,13H2,1-2H3. The van der Waals surface area contributed by atoms with Gasteiger partial charge in [-0.1, -0.05) is 0 Å². The van der Waals surface area contributed by atoms with E-state index in [1.165, 1.54) is 4.90 Å². The van der Waals surface area contributed by atoms with E-state index in [2.05, 4.69) is 15.9 Å². The number of likely N-dealkylation sites (N-methyl/N-ethyl adjacent to an activating group) is 1. The normalized spacial score (nSPS) is 13.3. The molecule has 0 aromatic carbocycles. The van der Waals surface area contributed by atoms with Crippen molar-refractivity contribution in [2.75, 3.05) is 19.1 Å². The molecular formula is C11H17BrN2O4S. The molecule has 1 rings (SSSR count). The van der Waals surface area contributed by atoms with Crippen molar-refractivity contribution in [3.05, 3.63) is 22.6 Å². The van der Waals surface area contributed by atoms with Crippen LogP contribution in [0, 0.1) is 0 Å². The SMILES string of the molecule is CN(Cc1ccc(Br)o1)C(=O)C(N)CCS(C)(=O)=O. The number of hydrogen-bond acceptors (Lipinski definition) is 5. The Kier molecular flexibility index (Phi) is 5.57. The summed E-state index contributed by atoms with van der Waals surface area (Å²) >= 11 is 3.17. The average Bonchev–Trinajstić information content (AvgIpc) is 2.69. The molecule has 0 saturated carbocycles. The summed E-state index contributed by atoms with van der Waals surface area (Å²) in [5, 5.41) is 0. The number of nitrogens with zero attached hydrogens (tertiary/aromatic N) is 1. The minimum Gasteiger partial charge on any atom is -0.452 e. The summed E-state index contributed by atoms with van der Waals surface area (Å²) in [5.74, 6) is 0.217. The zero-order valence-corrected chi connectivity index (χ0v) is 13.2. The van der Waals surface area contributed by atoms with Gasteiger partial charge in [-0.05, 0) is 34.5 Å². The smallest absolute Gasteiger partial charge is 0.239 e. The summed E-state index contributed by atoms with van der Waals surface area (Å²) < 4.78 is 27.9. The first-order valence-corrected chi connectivity index (χ1v) is 8.47. The molecule has 6 nitrogen and oxygen atoms in total. The first-order chi connectivity index (χ1) is 8.69. The Labute approximate surface area is 121 Å². The van der Waals surface area contributed by atoms with E-state index in [1.54, 1.807) is 19.2 Å². The van der Waals surface area contributed by atoms with Gasteiger partial charge in [0.25, 0.3) is 0 Å². The molecule has 1 aromatic heterocycles. The van der Waals surface area contributed by atoms with E-state index in [0.717, 1.165) is 6.26 Å². The van der Waals surface area contributed by atoms with Gasteiger partial charge < -0.3 is 15.1 Å². The van der Waals surface area contributed by atoms with Crippen LogP contribution >= 0.6 is 15.9 Å². The summed E-state index contributed by atoms with van der Waals surface area (Å²) in [6.45, 7) is 0.289. The van der Waals surface area contributed by atoms with Crippen LogP contribution in [0.2, 0.25) is 0 Å². The lowest BCUT2D eigenvalue weighted by atomic mass is 10.2. The average molecular weight is 353 g/mol. The lowest BCUT2D eigenvalue weighted by Gasteiger charge is -2.20. The van der Waals surface area contributed by atoms with Crippen molar-refractivity contribution in [1.82, 2.24) is 4.90 Å². The van der Waals surface area contributed by atoms with Gasteiger partial charge in [0, 0.05) is 13.3 Å². The van der Waals surface area contributed by atoms with Crippen molar-refractivity contribution in [2.45, 2.75) is 19.0 Å². The molecular weight excluding hydrogens is 336 g/mol. The van der Waals surface area contributed by atoms with Crippen LogP contribution in [0.25, 0.3) is 0 Å². The van der Waals surface area contributed by atoms with Crippen molar-refractivity contribution in [3.8, 4) is 0 Å². The second-order valence-electron chi connectivity index (χ2n) is 4.43. The van der Waals surface area contributed by atoms with Gasteiger partial charge in [-0.2, -0.15) is 0 Å². The Morgan fingerprint density at radius 1 is 1.53 bits per heavy atom. The maximum Gasteiger partial charge on any atom is 0.239 e. The number of halogens is 1. The molecule has 1 aromatic rings. The van der Waals surface area contributed by atoms with Gasteiger partial charge in [-0.15, -0.1) is 0 Å². The number of carbonyl (C=O) groups is 1. The number of nitrogens with two attached hydrogens (primary N) is 1. The molecule has 0 aliphatic heterocycles. The maximum atomic E-state index is 11.9. The zero-order valence-electron chi connectivity index (χ0n) is 10.8. The first kappa shape index (κ1) is 16.2. The fourth-order valence-electron chi connectivity index (χ4n) is 1.50. The second kappa shape index (κ2) is 6.53. The molecule has 0 bridgehead atoms. The van der Waals surface area contributed by atoms with E-state index in [9.17, 15) is 13.2 Å². The first-order valence-electron chi connectivity index (χ1n) is 5.61. The highest BCUT2D eigenvalue weighted by Crippen LogP contribution is 2.15. The van der Waals surface area contributed by atoms with Crippen LogP contribution in [-0.2, 0) is 21.2 Å². The maximum absolute atomic E-state index is 11.9. The minimum absolute atomic E-state index is 0.0972. The molecule has 0 spiro atoms. The molecule has 0 aliphatic carbocycles. The number of amides is 1. The van der Waals surface area contributed by atoms with Crippen molar-refractivity contribution in [1.29, 1.82) is 0 Å². The van der Waals surface area contributed by atoms with Gasteiger partial charge in [0.15, 0.2) is 4.67 Å². The van der Waals surface area contributed by atoms with E-state index < -0.39 is 15.9 Å². The van der Waals surface area contributed by atoms with Gasteiger partial charge in [-0.3, -0.25) is 4.79 Å². The van der Waals surface area contributed by atoms with E-state index in [4.69, 9.17) is 10.2 Å². The fraction of sp³-hybridized carbons (Fsp3) is 0.545. The summed E-state index contributed by atoms with van der Waals surface area (Å²) in [7, 11) is -1.51. The third-order valence-corrected chi connectivity index (χ3v) is 3.92. The molecule has 0 fully saturated rings. The highest BCUT2D eigenvalue weighted by Gasteiger charge is 2.20. The molecule has 1 atom stereocenters. The Bertz CT molecular complexity index is 541. The van der Waals surface area contributed by atoms with Crippen LogP contribution in [0.15, 0.2) is 21.2 Å². The fourth-order valence-corrected chi connectivity index (χ4v) is 2.52. The number of carbonyl (C=O) groups excluding carboxylic acids is 1. The highest BCUT2D eigenvalue weighted by atomic mass is 79.9. The number of hydrogen-bond donors (Lipinski definition) is 1. The number of sulfone groups is 1. The van der Waals surface area contributed by atoms with Crippen LogP contribution in [0.1, 0.15) is 12.2 Å². The van der Waals surface area contributed by atoms with Gasteiger partial charge in [0.2, 0.25) is 5.91 Å². The molecule has 19 heavy (non-hydrogen) atoms. The molecule has 0 radical (unpaired) electrons. The predicted molar refractivity (Wildman–Crippen MR) is 75.2 cm³/mol. The molecule has 0 aliphatic rings. The Morgan fingerprint density at radius 3 is 2.63 bits per heavy atom. The van der Waals surface area contributed by atoms with Crippen molar-refractivity contribution >= 4 is 31.7 Å². The van der Waals surface area contributed by atoms with Crippen molar-refractivity contribution < 1.29 is 17.6 Å². The quantitative estimate of drug-likeness (QED) is 0.815. The Balaban J connectivity index is 2.52. The van der Waals surface area contributed by atoms with Crippen molar-refractivity contribution in [3.63, 3.8) is 0 Å². The van der Waals surface area contributed by atoms with Crippen molar-refractivity contribution in [2.24, 2.45) is 5.73 Å². The topological polar surface area (TPSA) is 93.6 Å². The van der Waals surface area contributed by atoms with Crippen LogP contribution < -0.4 is 5.73 Å². The zero-order chi connectivity index (χ0) is 14.6. The minimum atomic E-state index is -3.11. The lowest BCUT2D eigenvalue weighted by Crippen LogP contribution is -2.42. The van der Waals surface area contributed by atoms with E-state index in [0.29, 0.717) is 10.4 Å². The number of furan rings is 1. The lowest BCUT2D eigenvalue weighted by molar-refractivity contribution is -0.132. The molecule has 108 valence electrons. The number of rotatable bonds is 6. The molecule has 0 saturated heterocycles. The Morgan fingerprint density at radius 2 is 2.16 bits per heavy atom. The van der Waals surface area contributed by atoms with Gasteiger partial charge in [-0.25, -0.2) is 8.42 Å². The van der Waals surface area contributed by atoms with Crippen LogP contribution in [0.3, 0.4) is 0 Å². The summed E-state index contributed by atoms with van der Waals surface area (Å²) in [5.41, 5.74) is 5.69. The molecule has 1 amide bonds. The Hall–Kier alpha value is -0.860. The van der Waals surface area contributed by atoms with Crippen LogP contribution in [-0.4, -0.2) is 44.3 Å². The van der Waals surface area contributed by atoms with Crippen LogP contribution in [0.5, 0.6) is 0 Å². The third kappa shape index (κ3) is 5.75. The van der Waals surface area contributed by atoms with E-state index in [-0.39, 0.29) is 24.6 Å². The monoisotopic (exact) mass is 352 g/mol. The molecule has 1 heterocycles. The predicted octanol–water partition coefficient (Wildman–Crippen LogP) is 0.763. The highest BCUT2D eigenvalue weighted by molar-refractivity contribution is 9.10. The molecule has 2 N–H and O–H groups in total. The van der Waals surface area contributed by atoms with Gasteiger partial charge >= 0.3 is 0 Å². The van der Waals surface area contributed by atoms with E-state index >= 15 is 0 Å².